The number of nitrogen functional groups attached to an aromatic ring is 1. The van der Waals surface area contributed by atoms with Crippen molar-refractivity contribution in [1.29, 1.82) is 0 Å². The highest BCUT2D eigenvalue weighted by molar-refractivity contribution is 5.81. The van der Waals surface area contributed by atoms with Gasteiger partial charge in [-0.25, -0.2) is 14.8 Å². The fourth-order valence-corrected chi connectivity index (χ4v) is 3.32. The number of anilines is 1. The van der Waals surface area contributed by atoms with Gasteiger partial charge < -0.3 is 10.7 Å². The number of rotatable bonds is 5. The number of H-pyrrole nitrogens is 1. The maximum atomic E-state index is 12.2. The summed E-state index contributed by atoms with van der Waals surface area (Å²) in [4.78, 5) is 27.9. The van der Waals surface area contributed by atoms with E-state index in [9.17, 15) is 4.79 Å². The van der Waals surface area contributed by atoms with Gasteiger partial charge in [0.1, 0.15) is 11.3 Å². The van der Waals surface area contributed by atoms with E-state index >= 15 is 0 Å². The Morgan fingerprint density at radius 1 is 1.32 bits per heavy atom. The molecule has 7 heteroatoms. The van der Waals surface area contributed by atoms with E-state index in [1.165, 1.54) is 31.2 Å². The monoisotopic (exact) mass is 338 g/mol. The zero-order valence-electron chi connectivity index (χ0n) is 14.3. The molecule has 0 atom stereocenters. The summed E-state index contributed by atoms with van der Waals surface area (Å²) in [6, 6.07) is 4.09. The highest BCUT2D eigenvalue weighted by Gasteiger charge is 2.17. The first-order valence-electron chi connectivity index (χ1n) is 8.76. The molecule has 0 unspecified atom stereocenters. The van der Waals surface area contributed by atoms with Gasteiger partial charge in [-0.15, -0.1) is 0 Å². The van der Waals surface area contributed by atoms with Gasteiger partial charge in [0.2, 0.25) is 0 Å². The molecule has 25 heavy (non-hydrogen) atoms. The number of aromatic nitrogens is 5. The predicted octanol–water partition coefficient (Wildman–Crippen LogP) is 2.19. The molecule has 0 aromatic carbocycles. The molecule has 1 aliphatic carbocycles. The number of fused-ring (bicyclic) bond motifs is 1. The predicted molar refractivity (Wildman–Crippen MR) is 96.3 cm³/mol. The van der Waals surface area contributed by atoms with Crippen LogP contribution in [0.25, 0.3) is 11.2 Å². The molecule has 1 saturated carbocycles. The van der Waals surface area contributed by atoms with Gasteiger partial charge in [-0.1, -0.05) is 25.3 Å². The van der Waals surface area contributed by atoms with E-state index in [4.69, 9.17) is 5.73 Å². The number of nitrogens with one attached hydrogen (secondary N) is 1. The van der Waals surface area contributed by atoms with Crippen molar-refractivity contribution in [3.05, 3.63) is 45.9 Å². The van der Waals surface area contributed by atoms with Gasteiger partial charge in [0.05, 0.1) is 12.2 Å². The molecule has 1 aliphatic rings. The molecular formula is C18H22N6O. The zero-order valence-corrected chi connectivity index (χ0v) is 14.3. The van der Waals surface area contributed by atoms with Gasteiger partial charge in [0, 0.05) is 6.20 Å². The van der Waals surface area contributed by atoms with Crippen molar-refractivity contribution in [2.24, 2.45) is 5.92 Å². The third-order valence-corrected chi connectivity index (χ3v) is 5.03. The van der Waals surface area contributed by atoms with E-state index in [1.54, 1.807) is 11.5 Å². The van der Waals surface area contributed by atoms with Crippen LogP contribution in [0.5, 0.6) is 0 Å². The highest BCUT2D eigenvalue weighted by atomic mass is 16.1. The van der Waals surface area contributed by atoms with E-state index in [0.29, 0.717) is 23.5 Å². The van der Waals surface area contributed by atoms with E-state index in [0.717, 1.165) is 18.0 Å². The second-order valence-corrected chi connectivity index (χ2v) is 6.86. The summed E-state index contributed by atoms with van der Waals surface area (Å²) < 4.78 is 1.55. The number of aryl methyl sites for hydroxylation is 2. The molecule has 0 spiro atoms. The fourth-order valence-electron chi connectivity index (χ4n) is 3.32. The first kappa shape index (κ1) is 15.8. The minimum atomic E-state index is -0.252. The molecule has 7 nitrogen and oxygen atoms in total. The molecule has 0 radical (unpaired) electrons. The Morgan fingerprint density at radius 3 is 2.84 bits per heavy atom. The average Bonchev–Trinajstić information content (AvgIpc) is 2.84. The minimum absolute atomic E-state index is 0.252. The molecule has 0 aliphatic heterocycles. The van der Waals surface area contributed by atoms with Gasteiger partial charge in [0.25, 0.3) is 0 Å². The van der Waals surface area contributed by atoms with Crippen LogP contribution in [0.2, 0.25) is 0 Å². The van der Waals surface area contributed by atoms with Gasteiger partial charge >= 0.3 is 5.69 Å². The van der Waals surface area contributed by atoms with E-state index in [1.807, 2.05) is 12.3 Å². The van der Waals surface area contributed by atoms with Crippen molar-refractivity contribution >= 4 is 17.0 Å². The Hall–Kier alpha value is -2.70. The van der Waals surface area contributed by atoms with Gasteiger partial charge in [-0.05, 0) is 37.3 Å². The number of nitrogens with zero attached hydrogens (tertiary/aromatic N) is 4. The first-order valence-corrected chi connectivity index (χ1v) is 8.76. The molecule has 0 amide bonds. The summed E-state index contributed by atoms with van der Waals surface area (Å²) in [6.07, 6.45) is 8.38. The van der Waals surface area contributed by atoms with Crippen LogP contribution in [0.3, 0.4) is 0 Å². The summed E-state index contributed by atoms with van der Waals surface area (Å²) in [5, 5.41) is 0. The van der Waals surface area contributed by atoms with Crippen LogP contribution < -0.4 is 11.4 Å². The topological polar surface area (TPSA) is 102 Å². The molecule has 0 bridgehead atoms. The number of hydrogen-bond acceptors (Lipinski definition) is 5. The van der Waals surface area contributed by atoms with Crippen molar-refractivity contribution in [2.45, 2.75) is 45.6 Å². The number of pyridine rings is 1. The lowest BCUT2D eigenvalue weighted by Crippen LogP contribution is -2.18. The van der Waals surface area contributed by atoms with Crippen LogP contribution in [0.15, 0.2) is 23.1 Å². The molecular weight excluding hydrogens is 316 g/mol. The van der Waals surface area contributed by atoms with Crippen LogP contribution >= 0.6 is 0 Å². The molecule has 130 valence electrons. The molecule has 3 aromatic heterocycles. The normalized spacial score (nSPS) is 14.8. The molecule has 4 rings (SSSR count). The maximum Gasteiger partial charge on any atom is 0.328 e. The molecule has 3 heterocycles. The van der Waals surface area contributed by atoms with Crippen molar-refractivity contribution in [2.75, 3.05) is 5.73 Å². The smallest absolute Gasteiger partial charge is 0.328 e. The standard InChI is InChI=1S/C18H22N6O/c1-11-21-16(19)15-17(22-11)24(18(25)23-15)10-14-8-7-13(9-20-14)6-5-12-3-2-4-12/h7-9,12H,2-6,10H2,1H3,(H,23,25)(H2,19,21,22). The lowest BCUT2D eigenvalue weighted by molar-refractivity contribution is 0.296. The second-order valence-electron chi connectivity index (χ2n) is 6.86. The van der Waals surface area contributed by atoms with Crippen LogP contribution in [0, 0.1) is 12.8 Å². The summed E-state index contributed by atoms with van der Waals surface area (Å²) in [6.45, 7) is 2.12. The van der Waals surface area contributed by atoms with E-state index in [2.05, 4.69) is 26.0 Å². The molecule has 3 N–H and O–H groups in total. The SMILES string of the molecule is Cc1nc(N)c2[nH]c(=O)n(Cc3ccc(CCC4CCC4)cn3)c2n1. The van der Waals surface area contributed by atoms with Gasteiger partial charge in [-0.3, -0.25) is 9.55 Å². The van der Waals surface area contributed by atoms with E-state index in [-0.39, 0.29) is 11.5 Å². The number of hydrogen-bond donors (Lipinski definition) is 2. The molecule has 3 aromatic rings. The quantitative estimate of drug-likeness (QED) is 0.742. The van der Waals surface area contributed by atoms with Crippen molar-refractivity contribution in [3.63, 3.8) is 0 Å². The summed E-state index contributed by atoms with van der Waals surface area (Å²) in [5.74, 6) is 1.73. The third-order valence-electron chi connectivity index (χ3n) is 5.03. The maximum absolute atomic E-state index is 12.2. The lowest BCUT2D eigenvalue weighted by Gasteiger charge is -2.25. The number of imidazole rings is 1. The summed E-state index contributed by atoms with van der Waals surface area (Å²) >= 11 is 0. The minimum Gasteiger partial charge on any atom is -0.382 e. The number of aromatic amines is 1. The Morgan fingerprint density at radius 2 is 2.16 bits per heavy atom. The Balaban J connectivity index is 1.54. The van der Waals surface area contributed by atoms with Crippen LogP contribution in [0.1, 0.15) is 42.8 Å². The summed E-state index contributed by atoms with van der Waals surface area (Å²) in [7, 11) is 0. The fraction of sp³-hybridized carbons (Fsp3) is 0.444. The van der Waals surface area contributed by atoms with Crippen molar-refractivity contribution in [3.8, 4) is 0 Å². The Kier molecular flexibility index (Phi) is 3.99. The molecule has 1 fully saturated rings. The largest absolute Gasteiger partial charge is 0.382 e. The van der Waals surface area contributed by atoms with Gasteiger partial charge in [-0.2, -0.15) is 0 Å². The lowest BCUT2D eigenvalue weighted by atomic mass is 9.81. The first-order chi connectivity index (χ1) is 12.1. The Labute approximate surface area is 145 Å². The average molecular weight is 338 g/mol. The van der Waals surface area contributed by atoms with E-state index < -0.39 is 0 Å². The highest BCUT2D eigenvalue weighted by Crippen LogP contribution is 2.30. The van der Waals surface area contributed by atoms with Gasteiger partial charge in [0.15, 0.2) is 11.5 Å². The van der Waals surface area contributed by atoms with Crippen molar-refractivity contribution in [1.82, 2.24) is 24.5 Å². The zero-order chi connectivity index (χ0) is 17.4. The third kappa shape index (κ3) is 3.14. The summed E-state index contributed by atoms with van der Waals surface area (Å²) in [5.41, 5.74) is 8.70. The van der Waals surface area contributed by atoms with Crippen molar-refractivity contribution < 1.29 is 0 Å². The van der Waals surface area contributed by atoms with Crippen LogP contribution in [-0.4, -0.2) is 24.5 Å². The molecule has 0 saturated heterocycles. The van der Waals surface area contributed by atoms with Crippen LogP contribution in [0.4, 0.5) is 5.82 Å². The Bertz CT molecular complexity index is 952. The second kappa shape index (κ2) is 6.31. The van der Waals surface area contributed by atoms with Crippen LogP contribution in [-0.2, 0) is 13.0 Å². The number of nitrogens with two attached hydrogens (primary N) is 1.